The summed E-state index contributed by atoms with van der Waals surface area (Å²) in [6.45, 7) is 6.59. The van der Waals surface area contributed by atoms with E-state index in [4.69, 9.17) is 0 Å². The normalized spacial score (nSPS) is 12.0. The molecule has 1 heterocycles. The van der Waals surface area contributed by atoms with Gasteiger partial charge in [-0.1, -0.05) is 26.0 Å². The molecule has 0 fully saturated rings. The molecule has 2 aromatic rings. The van der Waals surface area contributed by atoms with Gasteiger partial charge >= 0.3 is 0 Å². The van der Waals surface area contributed by atoms with Gasteiger partial charge in [-0.25, -0.2) is 22.1 Å². The van der Waals surface area contributed by atoms with Crippen molar-refractivity contribution >= 4 is 26.6 Å². The molecule has 0 atom stereocenters. The zero-order valence-electron chi connectivity index (χ0n) is 13.6. The van der Waals surface area contributed by atoms with Gasteiger partial charge in [0.2, 0.25) is 10.0 Å². The third-order valence-corrected chi connectivity index (χ3v) is 5.72. The molecular weight excluding hydrogens is 317 g/mol. The Bertz CT molecular complexity index is 789. The highest BCUT2D eigenvalue weighted by Crippen LogP contribution is 2.24. The van der Waals surface area contributed by atoms with Gasteiger partial charge in [0.25, 0.3) is 0 Å². The number of sulfonamides is 1. The number of halogens is 1. The number of fused-ring (bicyclic) bond motifs is 1. The smallest absolute Gasteiger partial charge is 0.215 e. The minimum absolute atomic E-state index is 0.00708. The van der Waals surface area contributed by atoms with Crippen LogP contribution in [0, 0.1) is 12.7 Å². The largest absolute Gasteiger partial charge is 0.383 e. The number of benzene rings is 1. The molecule has 23 heavy (non-hydrogen) atoms. The molecule has 0 unspecified atom stereocenters. The van der Waals surface area contributed by atoms with Gasteiger partial charge in [0.1, 0.15) is 11.3 Å². The van der Waals surface area contributed by atoms with Crippen molar-refractivity contribution in [2.75, 3.05) is 30.7 Å². The summed E-state index contributed by atoms with van der Waals surface area (Å²) >= 11 is 0. The summed E-state index contributed by atoms with van der Waals surface area (Å²) in [6, 6.07) is 6.55. The van der Waals surface area contributed by atoms with Crippen LogP contribution in [-0.2, 0) is 10.0 Å². The average Bonchev–Trinajstić information content (AvgIpc) is 2.49. The minimum Gasteiger partial charge on any atom is -0.383 e. The molecule has 0 radical (unpaired) electrons. The number of nitrogens with one attached hydrogen (secondary N) is 1. The van der Waals surface area contributed by atoms with Gasteiger partial charge in [-0.2, -0.15) is 0 Å². The zero-order valence-corrected chi connectivity index (χ0v) is 14.5. The standard InChI is InChI=1S/C16H22FN3O2S/c1-4-20(5-2)23(21,22)10-9-18-15-11-12(3)19-16-13(15)7-6-8-14(16)17/h6-8,11H,4-5,9-10H2,1-3H3,(H,18,19). The lowest BCUT2D eigenvalue weighted by Gasteiger charge is -2.19. The van der Waals surface area contributed by atoms with Crippen molar-refractivity contribution in [1.82, 2.24) is 9.29 Å². The summed E-state index contributed by atoms with van der Waals surface area (Å²) in [4.78, 5) is 4.21. The van der Waals surface area contributed by atoms with Crippen LogP contribution in [0.4, 0.5) is 10.1 Å². The van der Waals surface area contributed by atoms with Crippen molar-refractivity contribution in [1.29, 1.82) is 0 Å². The number of aryl methyl sites for hydroxylation is 1. The molecule has 0 amide bonds. The molecule has 0 saturated heterocycles. The molecule has 2 rings (SSSR count). The van der Waals surface area contributed by atoms with Crippen molar-refractivity contribution in [2.45, 2.75) is 20.8 Å². The first-order chi connectivity index (χ1) is 10.9. The maximum Gasteiger partial charge on any atom is 0.215 e. The molecule has 0 aliphatic heterocycles. The van der Waals surface area contributed by atoms with Crippen LogP contribution in [0.1, 0.15) is 19.5 Å². The summed E-state index contributed by atoms with van der Waals surface area (Å²) < 4.78 is 39.7. The Morgan fingerprint density at radius 1 is 1.26 bits per heavy atom. The Labute approximate surface area is 136 Å². The topological polar surface area (TPSA) is 62.3 Å². The molecule has 0 spiro atoms. The molecule has 5 nitrogen and oxygen atoms in total. The zero-order chi connectivity index (χ0) is 17.0. The molecule has 1 aromatic heterocycles. The number of rotatable bonds is 7. The maximum absolute atomic E-state index is 13.9. The van der Waals surface area contributed by atoms with E-state index >= 15 is 0 Å². The van der Waals surface area contributed by atoms with E-state index in [0.29, 0.717) is 35.4 Å². The number of pyridine rings is 1. The SMILES string of the molecule is CCN(CC)S(=O)(=O)CCNc1cc(C)nc2c(F)cccc12. The number of aromatic nitrogens is 1. The number of para-hydroxylation sites is 1. The van der Waals surface area contributed by atoms with Crippen molar-refractivity contribution < 1.29 is 12.8 Å². The van der Waals surface area contributed by atoms with E-state index in [1.807, 2.05) is 13.8 Å². The van der Waals surface area contributed by atoms with E-state index in [1.54, 1.807) is 25.1 Å². The molecule has 126 valence electrons. The van der Waals surface area contributed by atoms with Crippen LogP contribution < -0.4 is 5.32 Å². The predicted molar refractivity (Wildman–Crippen MR) is 91.6 cm³/mol. The van der Waals surface area contributed by atoms with Gasteiger partial charge in [0.15, 0.2) is 0 Å². The second-order valence-electron chi connectivity index (χ2n) is 5.27. The van der Waals surface area contributed by atoms with E-state index in [-0.39, 0.29) is 18.1 Å². The fraction of sp³-hybridized carbons (Fsp3) is 0.438. The van der Waals surface area contributed by atoms with Crippen molar-refractivity contribution in [2.24, 2.45) is 0 Å². The number of hydrogen-bond donors (Lipinski definition) is 1. The first-order valence-electron chi connectivity index (χ1n) is 7.66. The maximum atomic E-state index is 13.9. The van der Waals surface area contributed by atoms with Crippen molar-refractivity contribution in [3.8, 4) is 0 Å². The average molecular weight is 339 g/mol. The van der Waals surface area contributed by atoms with Crippen LogP contribution in [0.3, 0.4) is 0 Å². The molecular formula is C16H22FN3O2S. The second-order valence-corrected chi connectivity index (χ2v) is 7.36. The Kier molecular flexibility index (Phi) is 5.54. The van der Waals surface area contributed by atoms with E-state index in [2.05, 4.69) is 10.3 Å². The highest BCUT2D eigenvalue weighted by Gasteiger charge is 2.18. The molecule has 1 aromatic carbocycles. The first-order valence-corrected chi connectivity index (χ1v) is 9.27. The third kappa shape index (κ3) is 3.97. The second kappa shape index (κ2) is 7.23. The van der Waals surface area contributed by atoms with Gasteiger partial charge in [0.05, 0.1) is 5.75 Å². The van der Waals surface area contributed by atoms with Crippen LogP contribution in [-0.4, -0.2) is 43.1 Å². The van der Waals surface area contributed by atoms with Gasteiger partial charge in [0, 0.05) is 36.4 Å². The van der Waals surface area contributed by atoms with E-state index in [1.165, 1.54) is 10.4 Å². The molecule has 0 bridgehead atoms. The van der Waals surface area contributed by atoms with Crippen LogP contribution in [0.2, 0.25) is 0 Å². The number of hydrogen-bond acceptors (Lipinski definition) is 4. The Hall–Kier alpha value is -1.73. The Morgan fingerprint density at radius 2 is 1.96 bits per heavy atom. The molecule has 7 heteroatoms. The quantitative estimate of drug-likeness (QED) is 0.842. The number of nitrogens with zero attached hydrogens (tertiary/aromatic N) is 2. The molecule has 1 N–H and O–H groups in total. The van der Waals surface area contributed by atoms with Crippen LogP contribution in [0.5, 0.6) is 0 Å². The van der Waals surface area contributed by atoms with E-state index < -0.39 is 10.0 Å². The van der Waals surface area contributed by atoms with E-state index in [0.717, 1.165) is 0 Å². The van der Waals surface area contributed by atoms with Crippen LogP contribution in [0.15, 0.2) is 24.3 Å². The van der Waals surface area contributed by atoms with Gasteiger partial charge in [-0.3, -0.25) is 0 Å². The summed E-state index contributed by atoms with van der Waals surface area (Å²) in [6.07, 6.45) is 0. The predicted octanol–water partition coefficient (Wildman–Crippen LogP) is 2.77. The fourth-order valence-corrected chi connectivity index (χ4v) is 3.95. The Morgan fingerprint density at radius 3 is 2.61 bits per heavy atom. The van der Waals surface area contributed by atoms with Gasteiger partial charge in [-0.05, 0) is 19.1 Å². The third-order valence-electron chi connectivity index (χ3n) is 3.69. The summed E-state index contributed by atoms with van der Waals surface area (Å²) in [7, 11) is -3.28. The van der Waals surface area contributed by atoms with Crippen LogP contribution >= 0.6 is 0 Å². The summed E-state index contributed by atoms with van der Waals surface area (Å²) in [5, 5.41) is 3.75. The van der Waals surface area contributed by atoms with Gasteiger partial charge in [-0.15, -0.1) is 0 Å². The number of anilines is 1. The highest BCUT2D eigenvalue weighted by atomic mass is 32.2. The highest BCUT2D eigenvalue weighted by molar-refractivity contribution is 7.89. The molecule has 0 saturated carbocycles. The van der Waals surface area contributed by atoms with E-state index in [9.17, 15) is 12.8 Å². The fourth-order valence-electron chi connectivity index (χ4n) is 2.55. The lowest BCUT2D eigenvalue weighted by molar-refractivity contribution is 0.446. The lowest BCUT2D eigenvalue weighted by atomic mass is 10.1. The summed E-state index contributed by atoms with van der Waals surface area (Å²) in [5.41, 5.74) is 1.67. The Balaban J connectivity index is 2.19. The van der Waals surface area contributed by atoms with Gasteiger partial charge < -0.3 is 5.32 Å². The molecule has 0 aliphatic carbocycles. The minimum atomic E-state index is -3.28. The monoisotopic (exact) mass is 339 g/mol. The summed E-state index contributed by atoms with van der Waals surface area (Å²) in [5.74, 6) is -0.391. The molecule has 0 aliphatic rings. The van der Waals surface area contributed by atoms with Crippen LogP contribution in [0.25, 0.3) is 10.9 Å². The van der Waals surface area contributed by atoms with Crippen molar-refractivity contribution in [3.05, 3.63) is 35.8 Å². The van der Waals surface area contributed by atoms with Crippen molar-refractivity contribution in [3.63, 3.8) is 0 Å². The lowest BCUT2D eigenvalue weighted by Crippen LogP contribution is -2.34. The first kappa shape index (κ1) is 17.6.